The van der Waals surface area contributed by atoms with E-state index in [4.69, 9.17) is 30.1 Å². The normalized spacial score (nSPS) is 11.9. The van der Waals surface area contributed by atoms with Crippen LogP contribution in [0.15, 0.2) is 46.3 Å². The van der Waals surface area contributed by atoms with Gasteiger partial charge in [-0.2, -0.15) is 10.2 Å². The second-order valence-electron chi connectivity index (χ2n) is 14.1. The molecule has 0 bridgehead atoms. The van der Waals surface area contributed by atoms with Crippen LogP contribution in [0.1, 0.15) is 111 Å². The highest BCUT2D eigenvalue weighted by atomic mass is 79.9. The third-order valence-electron chi connectivity index (χ3n) is 10.3. The molecule has 53 heavy (non-hydrogen) atoms. The highest BCUT2D eigenvalue weighted by molar-refractivity contribution is 9.10. The Morgan fingerprint density at radius 2 is 1.09 bits per heavy atom. The molecule has 274 valence electrons. The molecule has 8 aromatic heterocycles. The molecular weight excluding hydrogens is 761 g/mol. The zero-order chi connectivity index (χ0) is 37.7. The average Bonchev–Trinajstić information content (AvgIpc) is 3.87. The van der Waals surface area contributed by atoms with Crippen molar-refractivity contribution in [1.29, 1.82) is 0 Å². The van der Waals surface area contributed by atoms with E-state index < -0.39 is 0 Å². The molecule has 0 aliphatic heterocycles. The predicted molar refractivity (Wildman–Crippen MR) is 226 cm³/mol. The number of fused-ring (bicyclic) bond motifs is 4. The van der Waals surface area contributed by atoms with Gasteiger partial charge in [0, 0.05) is 33.5 Å². The molecule has 8 heterocycles. The first-order chi connectivity index (χ1) is 25.5. The zero-order valence-corrected chi connectivity index (χ0v) is 35.5. The van der Waals surface area contributed by atoms with Gasteiger partial charge >= 0.3 is 0 Å². The Balaban J connectivity index is 0.000000164. The second kappa shape index (κ2) is 15.0. The van der Waals surface area contributed by atoms with Gasteiger partial charge in [-0.1, -0.05) is 27.7 Å². The number of aromatic nitrogens is 8. The third-order valence-corrected chi connectivity index (χ3v) is 13.4. The number of hydrogen-bond donors (Lipinski definition) is 0. The minimum atomic E-state index is 0.499. The zero-order valence-electron chi connectivity index (χ0n) is 32.3. The lowest BCUT2D eigenvalue weighted by Gasteiger charge is -2.14. The van der Waals surface area contributed by atoms with Crippen LogP contribution in [-0.2, 0) is 0 Å². The van der Waals surface area contributed by atoms with Crippen LogP contribution in [0, 0.1) is 41.5 Å². The Bertz CT molecular complexity index is 2620. The molecule has 0 amide bonds. The molecule has 0 N–H and O–H groups in total. The highest BCUT2D eigenvalue weighted by Gasteiger charge is 2.24. The molecule has 0 saturated heterocycles. The van der Waals surface area contributed by atoms with Gasteiger partial charge in [0.25, 0.3) is 0 Å². The van der Waals surface area contributed by atoms with E-state index in [9.17, 15) is 0 Å². The van der Waals surface area contributed by atoms with Crippen molar-refractivity contribution in [2.24, 2.45) is 0 Å². The molecule has 0 aliphatic rings. The van der Waals surface area contributed by atoms with E-state index in [0.717, 1.165) is 108 Å². The van der Waals surface area contributed by atoms with Crippen molar-refractivity contribution in [2.45, 2.75) is 107 Å². The number of nitrogens with zero attached hydrogens (tertiary/aromatic N) is 8. The van der Waals surface area contributed by atoms with Crippen molar-refractivity contribution in [3.63, 3.8) is 0 Å². The molecule has 11 heteroatoms. The van der Waals surface area contributed by atoms with E-state index in [0.29, 0.717) is 11.8 Å². The fraction of sp³-hybridized carbons (Fsp3) is 0.381. The molecular formula is C42H47BrN8S2. The molecule has 0 aromatic carbocycles. The monoisotopic (exact) mass is 806 g/mol. The minimum absolute atomic E-state index is 0.499. The Kier molecular flexibility index (Phi) is 10.5. The van der Waals surface area contributed by atoms with Crippen LogP contribution >= 0.6 is 38.6 Å². The number of rotatable bonds is 8. The summed E-state index contributed by atoms with van der Waals surface area (Å²) >= 11 is 7.27. The van der Waals surface area contributed by atoms with Crippen molar-refractivity contribution in [3.8, 4) is 21.8 Å². The molecule has 8 nitrogen and oxygen atoms in total. The fourth-order valence-corrected chi connectivity index (χ4v) is 10.4. The Morgan fingerprint density at radius 1 is 0.604 bits per heavy atom. The Morgan fingerprint density at radius 3 is 1.64 bits per heavy atom. The molecule has 8 aromatic rings. The molecule has 0 fully saturated rings. The quantitative estimate of drug-likeness (QED) is 0.152. The topological polar surface area (TPSA) is 86.2 Å². The number of halogens is 1. The molecule has 0 saturated carbocycles. The maximum Gasteiger partial charge on any atom is 0.158 e. The Labute approximate surface area is 327 Å². The van der Waals surface area contributed by atoms with Crippen molar-refractivity contribution in [3.05, 3.63) is 91.5 Å². The predicted octanol–water partition coefficient (Wildman–Crippen LogP) is 12.4. The standard InChI is InChI=1S/C21H23BrN4S.C21H24N4S/c1-6-14(7-2)15-10-12(4)25-26-19(13(5)24-21(15)26)20-17(22)18-16(27-20)9-8-11(3)23-18;1-6-15(7-2)16-10-13(4)24-25-20(14(5)23-21(16)25)17-11-26-18-9-8-12(3)22-19(17)18/h8-10,14H,6-7H2,1-5H3;8-11,15H,6-7H2,1-5H3. The van der Waals surface area contributed by atoms with E-state index >= 15 is 0 Å². The minimum Gasteiger partial charge on any atom is -0.252 e. The van der Waals surface area contributed by atoms with Gasteiger partial charge in [0.1, 0.15) is 5.69 Å². The lowest BCUT2D eigenvalue weighted by atomic mass is 9.95. The molecule has 0 radical (unpaired) electrons. The van der Waals surface area contributed by atoms with Gasteiger partial charge in [-0.3, -0.25) is 9.97 Å². The fourth-order valence-electron chi connectivity index (χ4n) is 7.56. The lowest BCUT2D eigenvalue weighted by molar-refractivity contribution is 0.638. The number of thiophene rings is 2. The van der Waals surface area contributed by atoms with Gasteiger partial charge in [-0.25, -0.2) is 19.0 Å². The van der Waals surface area contributed by atoms with Crippen LogP contribution in [0.4, 0.5) is 0 Å². The first-order valence-corrected chi connectivity index (χ1v) is 21.1. The molecule has 8 rings (SSSR count). The summed E-state index contributed by atoms with van der Waals surface area (Å²) in [5.41, 5.74) is 16.0. The number of hydrogen-bond acceptors (Lipinski definition) is 8. The van der Waals surface area contributed by atoms with Crippen molar-refractivity contribution >= 4 is 70.3 Å². The molecule has 0 unspecified atom stereocenters. The highest BCUT2D eigenvalue weighted by Crippen LogP contribution is 2.43. The van der Waals surface area contributed by atoms with Crippen LogP contribution in [0.2, 0.25) is 0 Å². The van der Waals surface area contributed by atoms with Crippen molar-refractivity contribution in [2.75, 3.05) is 0 Å². The van der Waals surface area contributed by atoms with E-state index in [1.807, 2.05) is 22.9 Å². The summed E-state index contributed by atoms with van der Waals surface area (Å²) in [4.78, 5) is 20.5. The maximum atomic E-state index is 4.94. The van der Waals surface area contributed by atoms with E-state index in [1.54, 1.807) is 22.7 Å². The third kappa shape index (κ3) is 6.69. The van der Waals surface area contributed by atoms with E-state index in [2.05, 4.69) is 113 Å². The summed E-state index contributed by atoms with van der Waals surface area (Å²) < 4.78 is 7.49. The van der Waals surface area contributed by atoms with Gasteiger partial charge < -0.3 is 0 Å². The van der Waals surface area contributed by atoms with Crippen LogP contribution in [0.5, 0.6) is 0 Å². The van der Waals surface area contributed by atoms with Gasteiger partial charge in [-0.15, -0.1) is 22.7 Å². The summed E-state index contributed by atoms with van der Waals surface area (Å²) in [5.74, 6) is 1.01. The van der Waals surface area contributed by atoms with Gasteiger partial charge in [-0.05, 0) is 131 Å². The maximum absolute atomic E-state index is 4.94. The largest absolute Gasteiger partial charge is 0.252 e. The van der Waals surface area contributed by atoms with Crippen molar-refractivity contribution in [1.82, 2.24) is 39.2 Å². The average molecular weight is 808 g/mol. The smallest absolute Gasteiger partial charge is 0.158 e. The van der Waals surface area contributed by atoms with Gasteiger partial charge in [0.2, 0.25) is 0 Å². The SMILES string of the molecule is CCC(CC)c1cc(C)nn2c(-c3csc4ccc(C)nc34)c(C)nc12.CCC(CC)c1cc(C)nn2c(-c3sc4ccc(C)nc4c3Br)c(C)nc12. The number of aryl methyl sites for hydroxylation is 6. The van der Waals surface area contributed by atoms with Crippen LogP contribution in [0.3, 0.4) is 0 Å². The first kappa shape index (κ1) is 37.3. The lowest BCUT2D eigenvalue weighted by Crippen LogP contribution is -2.05. The molecule has 0 aliphatic carbocycles. The van der Waals surface area contributed by atoms with Gasteiger partial charge in [0.05, 0.1) is 58.3 Å². The van der Waals surface area contributed by atoms with E-state index in [-0.39, 0.29) is 0 Å². The van der Waals surface area contributed by atoms with Crippen molar-refractivity contribution < 1.29 is 0 Å². The summed E-state index contributed by atoms with van der Waals surface area (Å²) in [7, 11) is 0. The summed E-state index contributed by atoms with van der Waals surface area (Å²) in [6, 6.07) is 12.8. The summed E-state index contributed by atoms with van der Waals surface area (Å²) in [6.45, 7) is 21.3. The summed E-state index contributed by atoms with van der Waals surface area (Å²) in [6.07, 6.45) is 4.43. The number of imidazole rings is 2. The Hall–Kier alpha value is -4.06. The van der Waals surface area contributed by atoms with Gasteiger partial charge in [0.15, 0.2) is 11.3 Å². The van der Waals surface area contributed by atoms with Crippen LogP contribution in [-0.4, -0.2) is 39.2 Å². The number of pyridine rings is 2. The molecule has 0 spiro atoms. The molecule has 0 atom stereocenters. The second-order valence-corrected chi connectivity index (χ2v) is 16.8. The van der Waals surface area contributed by atoms with Crippen LogP contribution < -0.4 is 0 Å². The van der Waals surface area contributed by atoms with Crippen LogP contribution in [0.25, 0.3) is 53.6 Å². The summed E-state index contributed by atoms with van der Waals surface area (Å²) in [5, 5.41) is 11.8. The van der Waals surface area contributed by atoms with E-state index in [1.165, 1.54) is 20.5 Å². The first-order valence-electron chi connectivity index (χ1n) is 18.6.